The topological polar surface area (TPSA) is 132 Å². The average Bonchev–Trinajstić information content (AvgIpc) is 2.85. The van der Waals surface area contributed by atoms with Crippen LogP contribution in [0, 0.1) is 18.8 Å². The molecule has 1 aromatic rings. The van der Waals surface area contributed by atoms with Gasteiger partial charge in [0.15, 0.2) is 0 Å². The van der Waals surface area contributed by atoms with Crippen molar-refractivity contribution in [2.24, 2.45) is 11.8 Å². The number of esters is 3. The Balaban J connectivity index is 3.74. The highest BCUT2D eigenvalue weighted by atomic mass is 32.2. The molecule has 216 valence electrons. The number of carbonyl (C=O) groups is 3. The van der Waals surface area contributed by atoms with Gasteiger partial charge in [-0.15, -0.1) is 9.24 Å². The molecule has 0 bridgehead atoms. The predicted molar refractivity (Wildman–Crippen MR) is 143 cm³/mol. The highest BCUT2D eigenvalue weighted by Gasteiger charge is 2.56. The molecule has 0 aliphatic heterocycles. The summed E-state index contributed by atoms with van der Waals surface area (Å²) in [6.07, 6.45) is -2.17. The largest absolute Gasteiger partial charge is 0.454 e. The fourth-order valence-electron chi connectivity index (χ4n) is 3.27. The molecule has 0 fully saturated rings. The fourth-order valence-corrected chi connectivity index (χ4v) is 4.34. The summed E-state index contributed by atoms with van der Waals surface area (Å²) >= 11 is 0. The SMILES string of the molecule is CCC(=O)OC(OC(=O)CC)(OC(=O)CC)[C@@H](COS(=O)(=O)c1ccc(C)cc1)OC(P)(C(C)C)C(C)C. The van der Waals surface area contributed by atoms with E-state index >= 15 is 0 Å². The van der Waals surface area contributed by atoms with Gasteiger partial charge in [0, 0.05) is 19.3 Å². The first-order valence-corrected chi connectivity index (χ1v) is 14.6. The van der Waals surface area contributed by atoms with E-state index in [-0.39, 0.29) is 36.0 Å². The summed E-state index contributed by atoms with van der Waals surface area (Å²) in [6.45, 7) is 12.9. The normalized spacial score (nSPS) is 13.3. The van der Waals surface area contributed by atoms with Crippen LogP contribution in [0.2, 0.25) is 0 Å². The molecule has 0 aliphatic rings. The molecular formula is C26H41O10PS. The van der Waals surface area contributed by atoms with Gasteiger partial charge < -0.3 is 18.9 Å². The number of carbonyl (C=O) groups excluding carboxylic acids is 3. The van der Waals surface area contributed by atoms with Crippen molar-refractivity contribution in [2.45, 2.75) is 97.0 Å². The van der Waals surface area contributed by atoms with E-state index in [1.165, 1.54) is 32.9 Å². The van der Waals surface area contributed by atoms with E-state index in [0.29, 0.717) is 0 Å². The van der Waals surface area contributed by atoms with Crippen LogP contribution in [-0.4, -0.2) is 50.4 Å². The molecule has 0 heterocycles. The number of hydrogen-bond donors (Lipinski definition) is 0. The van der Waals surface area contributed by atoms with E-state index in [4.69, 9.17) is 23.1 Å². The lowest BCUT2D eigenvalue weighted by molar-refractivity contribution is -0.379. The zero-order chi connectivity index (χ0) is 29.3. The maximum atomic E-state index is 13.0. The van der Waals surface area contributed by atoms with Gasteiger partial charge in [-0.1, -0.05) is 66.2 Å². The Labute approximate surface area is 228 Å². The minimum atomic E-state index is -4.34. The molecule has 1 unspecified atom stereocenters. The fraction of sp³-hybridized carbons (Fsp3) is 0.654. The second kappa shape index (κ2) is 14.4. The first-order valence-electron chi connectivity index (χ1n) is 12.6. The first-order chi connectivity index (χ1) is 17.6. The van der Waals surface area contributed by atoms with Crippen molar-refractivity contribution in [1.29, 1.82) is 0 Å². The van der Waals surface area contributed by atoms with E-state index in [1.54, 1.807) is 19.1 Å². The summed E-state index contributed by atoms with van der Waals surface area (Å²) in [5.41, 5.74) is 0.843. The summed E-state index contributed by atoms with van der Waals surface area (Å²) in [4.78, 5) is 37.5. The van der Waals surface area contributed by atoms with Gasteiger partial charge in [-0.3, -0.25) is 18.6 Å². The molecule has 0 aromatic heterocycles. The quantitative estimate of drug-likeness (QED) is 0.127. The molecule has 0 N–H and O–H groups in total. The van der Waals surface area contributed by atoms with Crippen LogP contribution in [0.15, 0.2) is 29.2 Å². The maximum absolute atomic E-state index is 13.0. The van der Waals surface area contributed by atoms with Gasteiger partial charge in [0.25, 0.3) is 10.1 Å². The zero-order valence-electron chi connectivity index (χ0n) is 23.4. The van der Waals surface area contributed by atoms with Crippen molar-refractivity contribution in [2.75, 3.05) is 6.61 Å². The minimum Gasteiger partial charge on any atom is -0.386 e. The van der Waals surface area contributed by atoms with Crippen molar-refractivity contribution >= 4 is 37.3 Å². The molecule has 12 heteroatoms. The van der Waals surface area contributed by atoms with E-state index < -0.39 is 52.1 Å². The standard InChI is InChI=1S/C26H41O10PS/c1-9-22(27)34-26(35-23(28)10-2,36-24(29)11-3)21(33-25(37,17(4)5)18(6)7)16-32-38(30,31)20-14-12-19(8)13-15-20/h12-15,17-18,21H,9-11,16,37H2,1-8H3/t21-/m1/s1. The van der Waals surface area contributed by atoms with Crippen LogP contribution in [0.5, 0.6) is 0 Å². The van der Waals surface area contributed by atoms with Crippen LogP contribution >= 0.6 is 9.24 Å². The molecule has 0 aliphatic carbocycles. The van der Waals surface area contributed by atoms with Gasteiger partial charge in [0.2, 0.25) is 6.10 Å². The lowest BCUT2D eigenvalue weighted by atomic mass is 9.94. The van der Waals surface area contributed by atoms with Gasteiger partial charge in [-0.2, -0.15) is 8.42 Å². The third-order valence-corrected chi connectivity index (χ3v) is 8.63. The first kappa shape index (κ1) is 34.0. The van der Waals surface area contributed by atoms with E-state index in [2.05, 4.69) is 9.24 Å². The predicted octanol–water partition coefficient (Wildman–Crippen LogP) is 4.48. The molecule has 0 amide bonds. The Bertz CT molecular complexity index is 997. The van der Waals surface area contributed by atoms with Crippen molar-refractivity contribution in [3.05, 3.63) is 29.8 Å². The molecular weight excluding hydrogens is 535 g/mol. The highest BCUT2D eigenvalue weighted by molar-refractivity contribution is 7.86. The second-order valence-electron chi connectivity index (χ2n) is 9.41. The molecule has 0 saturated carbocycles. The zero-order valence-corrected chi connectivity index (χ0v) is 25.4. The van der Waals surface area contributed by atoms with Crippen molar-refractivity contribution in [3.8, 4) is 0 Å². The minimum absolute atomic E-state index is 0.126. The van der Waals surface area contributed by atoms with Crippen molar-refractivity contribution < 1.29 is 45.9 Å². The van der Waals surface area contributed by atoms with Crippen LogP contribution in [0.1, 0.15) is 73.3 Å². The second-order valence-corrected chi connectivity index (χ2v) is 11.9. The Morgan fingerprint density at radius 2 is 1.21 bits per heavy atom. The van der Waals surface area contributed by atoms with Gasteiger partial charge in [0.1, 0.15) is 6.61 Å². The Kier molecular flexibility index (Phi) is 12.8. The van der Waals surface area contributed by atoms with Crippen LogP contribution in [0.4, 0.5) is 0 Å². The third-order valence-electron chi connectivity index (χ3n) is 5.86. The molecule has 0 radical (unpaired) electrons. The number of aryl methyl sites for hydroxylation is 1. The Morgan fingerprint density at radius 1 is 0.816 bits per heavy atom. The maximum Gasteiger partial charge on any atom is 0.454 e. The number of rotatable bonds is 15. The van der Waals surface area contributed by atoms with E-state index in [1.807, 2.05) is 27.7 Å². The lowest BCUT2D eigenvalue weighted by Crippen LogP contribution is -2.59. The molecule has 38 heavy (non-hydrogen) atoms. The smallest absolute Gasteiger partial charge is 0.386 e. The molecule has 10 nitrogen and oxygen atoms in total. The van der Waals surface area contributed by atoms with Crippen molar-refractivity contribution in [1.82, 2.24) is 0 Å². The highest BCUT2D eigenvalue weighted by Crippen LogP contribution is 2.41. The van der Waals surface area contributed by atoms with Crippen LogP contribution in [0.25, 0.3) is 0 Å². The number of ether oxygens (including phenoxy) is 4. The average molecular weight is 577 g/mol. The van der Waals surface area contributed by atoms with Crippen molar-refractivity contribution in [3.63, 3.8) is 0 Å². The van der Waals surface area contributed by atoms with Gasteiger partial charge in [0.05, 0.1) is 10.2 Å². The molecule has 0 spiro atoms. The van der Waals surface area contributed by atoms with Crippen LogP contribution in [0.3, 0.4) is 0 Å². The summed E-state index contributed by atoms with van der Waals surface area (Å²) < 4.78 is 54.1. The molecule has 1 aromatic carbocycles. The molecule has 2 atom stereocenters. The lowest BCUT2D eigenvalue weighted by Gasteiger charge is -2.44. The Hall–Kier alpha value is -2.07. The summed E-state index contributed by atoms with van der Waals surface area (Å²) in [5, 5.41) is -1.07. The molecule has 1 rings (SSSR count). The van der Waals surface area contributed by atoms with Crippen LogP contribution in [-0.2, 0) is 47.6 Å². The Morgan fingerprint density at radius 3 is 1.55 bits per heavy atom. The summed E-state index contributed by atoms with van der Waals surface area (Å²) in [7, 11) is -1.76. The van der Waals surface area contributed by atoms with Gasteiger partial charge in [-0.05, 0) is 30.9 Å². The van der Waals surface area contributed by atoms with E-state index in [9.17, 15) is 22.8 Å². The van der Waals surface area contributed by atoms with Gasteiger partial charge in [-0.25, -0.2) is 0 Å². The third kappa shape index (κ3) is 9.00. The van der Waals surface area contributed by atoms with Gasteiger partial charge >= 0.3 is 23.9 Å². The monoisotopic (exact) mass is 576 g/mol. The summed E-state index contributed by atoms with van der Waals surface area (Å²) in [5.74, 6) is -5.76. The molecule has 0 saturated heterocycles. The van der Waals surface area contributed by atoms with E-state index in [0.717, 1.165) is 5.56 Å². The number of benzene rings is 1. The van der Waals surface area contributed by atoms with Crippen LogP contribution < -0.4 is 0 Å². The number of hydrogen-bond acceptors (Lipinski definition) is 10. The summed E-state index contributed by atoms with van der Waals surface area (Å²) in [6, 6.07) is 5.96.